The summed E-state index contributed by atoms with van der Waals surface area (Å²) in [6.07, 6.45) is 0.249. The maximum Gasteiger partial charge on any atom is 0.255 e. The van der Waals surface area contributed by atoms with Crippen LogP contribution in [-0.4, -0.2) is 68.5 Å². The number of aromatic hydroxyl groups is 1. The Morgan fingerprint density at radius 1 is 0.978 bits per heavy atom. The fourth-order valence-corrected chi connectivity index (χ4v) is 7.31. The van der Waals surface area contributed by atoms with Gasteiger partial charge in [-0.1, -0.05) is 54.6 Å². The van der Waals surface area contributed by atoms with Crippen molar-refractivity contribution in [2.45, 2.75) is 37.6 Å². The lowest BCUT2D eigenvalue weighted by Crippen LogP contribution is -2.65. The van der Waals surface area contributed by atoms with E-state index in [0.717, 1.165) is 16.7 Å². The lowest BCUT2D eigenvalue weighted by atomic mass is 9.57. The van der Waals surface area contributed by atoms with Crippen LogP contribution in [0.25, 0.3) is 16.9 Å². The Hall–Kier alpha value is -4.77. The molecule has 1 saturated carbocycles. The molecule has 0 aromatic heterocycles. The van der Waals surface area contributed by atoms with Gasteiger partial charge in [-0.15, -0.1) is 0 Å². The highest BCUT2D eigenvalue weighted by Crippen LogP contribution is 2.53. The minimum atomic E-state index is -2.67. The fraction of sp³-hybridized carbons (Fsp3) is 0.286. The van der Waals surface area contributed by atoms with E-state index >= 15 is 0 Å². The molecule has 7 N–H and O–H groups in total. The number of benzene rings is 3. The molecule has 0 spiro atoms. The lowest BCUT2D eigenvalue weighted by molar-refractivity contribution is -0.153. The van der Waals surface area contributed by atoms with Crippen molar-refractivity contribution in [3.63, 3.8) is 0 Å². The summed E-state index contributed by atoms with van der Waals surface area (Å²) in [7, 11) is 3.15. The van der Waals surface area contributed by atoms with Crippen LogP contribution in [0.5, 0.6) is 5.75 Å². The lowest BCUT2D eigenvalue weighted by Gasteiger charge is -2.50. The van der Waals surface area contributed by atoms with Crippen LogP contribution in [0.1, 0.15) is 28.7 Å². The summed E-state index contributed by atoms with van der Waals surface area (Å²) in [5, 5.41) is 48.7. The normalized spacial score (nSPS) is 24.4. The van der Waals surface area contributed by atoms with E-state index in [1.807, 2.05) is 42.5 Å². The third-order valence-electron chi connectivity index (χ3n) is 9.34. The van der Waals surface area contributed by atoms with Crippen molar-refractivity contribution in [2.24, 2.45) is 17.6 Å². The number of carbonyl (C=O) groups is 3. The van der Waals surface area contributed by atoms with Crippen LogP contribution in [0.4, 0.5) is 0 Å². The van der Waals surface area contributed by atoms with Crippen LogP contribution in [0.2, 0.25) is 0 Å². The van der Waals surface area contributed by atoms with Gasteiger partial charge in [0.05, 0.1) is 11.6 Å². The molecule has 0 heterocycles. The van der Waals surface area contributed by atoms with E-state index in [2.05, 4.69) is 17.4 Å². The molecule has 1 fully saturated rings. The number of likely N-dealkylation sites (N-methyl/N-ethyl adjacent to an activating group) is 1. The van der Waals surface area contributed by atoms with Gasteiger partial charge in [0.15, 0.2) is 11.4 Å². The number of nitrogens with two attached hydrogens (primary N) is 1. The number of carbonyl (C=O) groups excluding carboxylic acids is 3. The van der Waals surface area contributed by atoms with Gasteiger partial charge in [0.2, 0.25) is 5.78 Å². The number of nitrogens with one attached hydrogen (secondary N) is 1. The van der Waals surface area contributed by atoms with Crippen LogP contribution >= 0.6 is 0 Å². The molecule has 232 valence electrons. The molecular weight excluding hydrogens is 574 g/mol. The van der Waals surface area contributed by atoms with E-state index in [-0.39, 0.29) is 29.7 Å². The van der Waals surface area contributed by atoms with Crippen molar-refractivity contribution in [3.05, 3.63) is 106 Å². The smallest absolute Gasteiger partial charge is 0.255 e. The molecule has 6 rings (SSSR count). The molecule has 0 saturated heterocycles. The minimum absolute atomic E-state index is 0.0320. The number of ketones is 2. The first kappa shape index (κ1) is 30.3. The fourth-order valence-electron chi connectivity index (χ4n) is 7.31. The van der Waals surface area contributed by atoms with E-state index < -0.39 is 58.0 Å². The second kappa shape index (κ2) is 11.3. The van der Waals surface area contributed by atoms with Crippen LogP contribution in [0, 0.1) is 11.8 Å². The third-order valence-corrected chi connectivity index (χ3v) is 9.34. The number of aliphatic hydroxyl groups is 3. The number of amides is 1. The van der Waals surface area contributed by atoms with Gasteiger partial charge in [-0.3, -0.25) is 19.3 Å². The number of nitrogens with zero attached hydrogens (tertiary/aromatic N) is 1. The van der Waals surface area contributed by atoms with Crippen molar-refractivity contribution >= 4 is 23.2 Å². The van der Waals surface area contributed by atoms with E-state index in [9.17, 15) is 34.8 Å². The molecule has 4 atom stereocenters. The number of fused-ring (bicyclic) bond motifs is 3. The molecule has 0 radical (unpaired) electrons. The number of phenols is 1. The predicted octanol–water partition coefficient (Wildman–Crippen LogP) is 2.92. The summed E-state index contributed by atoms with van der Waals surface area (Å²) < 4.78 is 0. The Morgan fingerprint density at radius 2 is 1.67 bits per heavy atom. The summed E-state index contributed by atoms with van der Waals surface area (Å²) in [6.45, 7) is 1.31. The summed E-state index contributed by atoms with van der Waals surface area (Å²) in [4.78, 5) is 41.1. The van der Waals surface area contributed by atoms with Crippen molar-refractivity contribution in [3.8, 4) is 16.9 Å². The first-order valence-corrected chi connectivity index (χ1v) is 14.8. The number of rotatable bonds is 7. The highest BCUT2D eigenvalue weighted by atomic mass is 16.3. The van der Waals surface area contributed by atoms with E-state index in [0.29, 0.717) is 18.7 Å². The monoisotopic (exact) mass is 609 g/mol. The maximum absolute atomic E-state index is 14.1. The Labute approximate surface area is 260 Å². The summed E-state index contributed by atoms with van der Waals surface area (Å²) in [5.41, 5.74) is 6.22. The van der Waals surface area contributed by atoms with Crippen molar-refractivity contribution in [1.29, 1.82) is 0 Å². The van der Waals surface area contributed by atoms with E-state index in [1.165, 1.54) is 16.5 Å². The Bertz CT molecular complexity index is 1800. The summed E-state index contributed by atoms with van der Waals surface area (Å²) in [6, 6.07) is 20.0. The molecule has 3 aromatic rings. The number of primary amides is 1. The zero-order valence-corrected chi connectivity index (χ0v) is 24.9. The first-order chi connectivity index (χ1) is 21.4. The third kappa shape index (κ3) is 4.82. The number of phenolic OH excluding ortho intramolecular Hbond substituents is 1. The molecular formula is C35H35N3O7. The Balaban J connectivity index is 1.40. The standard InChI is InChI=1S/C35H35N3O7/c1-38(2)29-24-15-21-14-23-22(20-10-6-9-19(13-20)17-37-16-18-7-4-3-5-8-18)11-12-25(39)27(23)30(40)26(21)32(42)35(24,45)33(43)28(31(29)41)34(36)44/h3-13,21,24,29,37,39-40,43,45H,14-17H2,1-2H3,(H2,36,44)/t21?,24?,29-,35-/m0/s1. The Kier molecular flexibility index (Phi) is 7.60. The predicted molar refractivity (Wildman–Crippen MR) is 167 cm³/mol. The molecule has 1 amide bonds. The molecule has 0 bridgehead atoms. The molecule has 2 unspecified atom stereocenters. The second-order valence-electron chi connectivity index (χ2n) is 12.2. The van der Waals surface area contributed by atoms with Crippen molar-refractivity contribution < 1.29 is 34.8 Å². The molecule has 3 aliphatic rings. The van der Waals surface area contributed by atoms with Crippen molar-refractivity contribution in [1.82, 2.24) is 10.2 Å². The number of hydrogen-bond acceptors (Lipinski definition) is 9. The second-order valence-corrected chi connectivity index (χ2v) is 12.2. The van der Waals surface area contributed by atoms with Gasteiger partial charge in [-0.25, -0.2) is 0 Å². The van der Waals surface area contributed by atoms with E-state index in [4.69, 9.17) is 5.73 Å². The largest absolute Gasteiger partial charge is 0.508 e. The van der Waals surface area contributed by atoms with Gasteiger partial charge in [0.25, 0.3) is 5.91 Å². The summed E-state index contributed by atoms with van der Waals surface area (Å²) >= 11 is 0. The Morgan fingerprint density at radius 3 is 2.36 bits per heavy atom. The summed E-state index contributed by atoms with van der Waals surface area (Å²) in [5.74, 6) is -6.71. The zero-order chi connectivity index (χ0) is 32.2. The van der Waals surface area contributed by atoms with Gasteiger partial charge in [-0.2, -0.15) is 0 Å². The van der Waals surface area contributed by atoms with Crippen LogP contribution in [0.3, 0.4) is 0 Å². The van der Waals surface area contributed by atoms with Gasteiger partial charge in [0, 0.05) is 24.6 Å². The molecule has 45 heavy (non-hydrogen) atoms. The highest BCUT2D eigenvalue weighted by Gasteiger charge is 2.64. The molecule has 10 heteroatoms. The van der Waals surface area contributed by atoms with E-state index in [1.54, 1.807) is 20.2 Å². The average Bonchev–Trinajstić information content (AvgIpc) is 2.99. The van der Waals surface area contributed by atoms with Gasteiger partial charge >= 0.3 is 0 Å². The topological polar surface area (TPSA) is 173 Å². The number of hydrogen-bond donors (Lipinski definition) is 6. The number of Topliss-reactive ketones (excluding diaryl/α,β-unsaturated/α-hetero) is 2. The van der Waals surface area contributed by atoms with Crippen LogP contribution in [-0.2, 0) is 33.9 Å². The van der Waals surface area contributed by atoms with Crippen molar-refractivity contribution in [2.75, 3.05) is 14.1 Å². The van der Waals surface area contributed by atoms with Crippen LogP contribution < -0.4 is 11.1 Å². The minimum Gasteiger partial charge on any atom is -0.508 e. The molecule has 10 nitrogen and oxygen atoms in total. The first-order valence-electron chi connectivity index (χ1n) is 14.8. The van der Waals surface area contributed by atoms with Gasteiger partial charge < -0.3 is 31.5 Å². The molecule has 3 aromatic carbocycles. The SMILES string of the molecule is CN(C)[C@@H]1C(=O)C(C(N)=O)=C(O)[C@@]2(O)C(=O)C3=C(O)c4c(O)ccc(-c5cccc(CNCc6ccccc6)c5)c4CC3CC12. The molecule has 0 aliphatic heterocycles. The van der Waals surface area contributed by atoms with Crippen LogP contribution in [0.15, 0.2) is 83.6 Å². The average molecular weight is 610 g/mol. The quantitative estimate of drug-likeness (QED) is 0.220. The van der Waals surface area contributed by atoms with Gasteiger partial charge in [0.1, 0.15) is 22.8 Å². The van der Waals surface area contributed by atoms with Gasteiger partial charge in [-0.05, 0) is 72.8 Å². The maximum atomic E-state index is 14.1. The zero-order valence-electron chi connectivity index (χ0n) is 24.9. The molecule has 3 aliphatic carbocycles. The highest BCUT2D eigenvalue weighted by molar-refractivity contribution is 6.24. The number of aliphatic hydroxyl groups excluding tert-OH is 2.